The molecule has 4 nitrogen and oxygen atoms in total. The van der Waals surface area contributed by atoms with E-state index >= 15 is 0 Å². The number of thioether (sulfide) groups is 1. The Kier molecular flexibility index (Phi) is 5.28. The van der Waals surface area contributed by atoms with E-state index in [0.717, 1.165) is 5.75 Å². The molecule has 1 aromatic rings. The van der Waals surface area contributed by atoms with Gasteiger partial charge in [-0.15, -0.1) is 11.8 Å². The van der Waals surface area contributed by atoms with Gasteiger partial charge in [0.25, 0.3) is 0 Å². The second kappa shape index (κ2) is 6.98. The van der Waals surface area contributed by atoms with E-state index in [9.17, 15) is 9.59 Å². The van der Waals surface area contributed by atoms with E-state index in [2.05, 4.69) is 17.4 Å². The van der Waals surface area contributed by atoms with Gasteiger partial charge in [0.1, 0.15) is 5.54 Å². The first-order valence-electron chi connectivity index (χ1n) is 7.39. The standard InChI is InChI=1S/C16H22N2O2S/c1-3-16(4-2)15(20)18(12-14(19)17-16)10-11-21-13-8-6-5-7-9-13/h5-9H,3-4,10-12H2,1-2H3,(H,17,19). The van der Waals surface area contributed by atoms with E-state index in [1.165, 1.54) is 4.90 Å². The number of carbonyl (C=O) groups is 2. The first kappa shape index (κ1) is 15.9. The minimum Gasteiger partial charge on any atom is -0.340 e. The van der Waals surface area contributed by atoms with Gasteiger partial charge in [-0.25, -0.2) is 0 Å². The summed E-state index contributed by atoms with van der Waals surface area (Å²) in [6.07, 6.45) is 1.27. The average molecular weight is 306 g/mol. The van der Waals surface area contributed by atoms with Crippen molar-refractivity contribution in [1.82, 2.24) is 10.2 Å². The van der Waals surface area contributed by atoms with Crippen LogP contribution in [0.3, 0.4) is 0 Å². The largest absolute Gasteiger partial charge is 0.340 e. The summed E-state index contributed by atoms with van der Waals surface area (Å²) in [7, 11) is 0. The molecule has 0 aromatic heterocycles. The Balaban J connectivity index is 1.95. The Labute approximate surface area is 130 Å². The van der Waals surface area contributed by atoms with Gasteiger partial charge < -0.3 is 10.2 Å². The molecule has 1 aliphatic heterocycles. The molecule has 0 atom stereocenters. The second-order valence-electron chi connectivity index (χ2n) is 5.23. The molecule has 0 spiro atoms. The van der Waals surface area contributed by atoms with Gasteiger partial charge in [-0.2, -0.15) is 0 Å². The number of benzene rings is 1. The molecular weight excluding hydrogens is 284 g/mol. The molecule has 2 rings (SSSR count). The zero-order valence-corrected chi connectivity index (χ0v) is 13.4. The van der Waals surface area contributed by atoms with Crippen LogP contribution in [0.4, 0.5) is 0 Å². The molecule has 5 heteroatoms. The summed E-state index contributed by atoms with van der Waals surface area (Å²) >= 11 is 1.71. The maximum Gasteiger partial charge on any atom is 0.248 e. The fourth-order valence-electron chi connectivity index (χ4n) is 2.61. The zero-order chi connectivity index (χ0) is 15.3. The van der Waals surface area contributed by atoms with Crippen LogP contribution in [-0.4, -0.2) is 41.1 Å². The molecule has 0 saturated carbocycles. The van der Waals surface area contributed by atoms with Crippen molar-refractivity contribution in [2.24, 2.45) is 0 Å². The molecule has 1 aromatic carbocycles. The van der Waals surface area contributed by atoms with Gasteiger partial charge in [0.2, 0.25) is 11.8 Å². The molecule has 0 bridgehead atoms. The van der Waals surface area contributed by atoms with E-state index in [1.807, 2.05) is 32.0 Å². The molecule has 1 aliphatic rings. The summed E-state index contributed by atoms with van der Waals surface area (Å²) in [5.41, 5.74) is -0.702. The van der Waals surface area contributed by atoms with Crippen LogP contribution in [0, 0.1) is 0 Å². The van der Waals surface area contributed by atoms with Crippen molar-refractivity contribution in [2.75, 3.05) is 18.8 Å². The van der Waals surface area contributed by atoms with Crippen molar-refractivity contribution in [1.29, 1.82) is 0 Å². The van der Waals surface area contributed by atoms with Crippen molar-refractivity contribution in [2.45, 2.75) is 37.1 Å². The zero-order valence-electron chi connectivity index (χ0n) is 12.6. The summed E-state index contributed by atoms with van der Waals surface area (Å²) < 4.78 is 0. The molecular formula is C16H22N2O2S. The van der Waals surface area contributed by atoms with E-state index in [-0.39, 0.29) is 18.4 Å². The van der Waals surface area contributed by atoms with E-state index < -0.39 is 5.54 Å². The average Bonchev–Trinajstić information content (AvgIpc) is 2.51. The lowest BCUT2D eigenvalue weighted by atomic mass is 9.89. The van der Waals surface area contributed by atoms with Crippen LogP contribution in [0.5, 0.6) is 0 Å². The summed E-state index contributed by atoms with van der Waals surface area (Å²) in [4.78, 5) is 27.4. The molecule has 1 saturated heterocycles. The van der Waals surface area contributed by atoms with E-state index in [4.69, 9.17) is 0 Å². The third-order valence-corrected chi connectivity index (χ3v) is 4.98. The lowest BCUT2D eigenvalue weighted by molar-refractivity contribution is -0.150. The molecule has 1 fully saturated rings. The minimum absolute atomic E-state index is 0.0528. The summed E-state index contributed by atoms with van der Waals surface area (Å²) in [6, 6.07) is 10.1. The molecule has 1 N–H and O–H groups in total. The number of rotatable bonds is 6. The quantitative estimate of drug-likeness (QED) is 0.821. The van der Waals surface area contributed by atoms with Gasteiger partial charge in [0.15, 0.2) is 0 Å². The maximum atomic E-state index is 12.6. The number of carbonyl (C=O) groups excluding carboxylic acids is 2. The van der Waals surface area contributed by atoms with Crippen molar-refractivity contribution in [3.63, 3.8) is 0 Å². The fraction of sp³-hybridized carbons (Fsp3) is 0.500. The summed E-state index contributed by atoms with van der Waals surface area (Å²) in [5.74, 6) is 0.802. The number of hydrogen-bond donors (Lipinski definition) is 1. The summed E-state index contributed by atoms with van der Waals surface area (Å²) in [6.45, 7) is 4.68. The van der Waals surface area contributed by atoms with Gasteiger partial charge in [0.05, 0.1) is 6.54 Å². The summed E-state index contributed by atoms with van der Waals surface area (Å²) in [5, 5.41) is 2.88. The first-order chi connectivity index (χ1) is 10.1. The van der Waals surface area contributed by atoms with Crippen LogP contribution in [0.25, 0.3) is 0 Å². The molecule has 114 valence electrons. The van der Waals surface area contributed by atoms with Crippen LogP contribution in [-0.2, 0) is 9.59 Å². The van der Waals surface area contributed by atoms with E-state index in [0.29, 0.717) is 19.4 Å². The highest BCUT2D eigenvalue weighted by Crippen LogP contribution is 2.23. The predicted octanol–water partition coefficient (Wildman–Crippen LogP) is 2.30. The monoisotopic (exact) mass is 306 g/mol. The number of piperazine rings is 1. The second-order valence-corrected chi connectivity index (χ2v) is 6.39. The van der Waals surface area contributed by atoms with Gasteiger partial charge in [-0.05, 0) is 25.0 Å². The van der Waals surface area contributed by atoms with Gasteiger partial charge in [-0.1, -0.05) is 32.0 Å². The smallest absolute Gasteiger partial charge is 0.248 e. The number of hydrogen-bond acceptors (Lipinski definition) is 3. The Morgan fingerprint density at radius 2 is 1.86 bits per heavy atom. The number of amides is 2. The molecule has 0 aliphatic carbocycles. The highest BCUT2D eigenvalue weighted by Gasteiger charge is 2.43. The molecule has 2 amide bonds. The Morgan fingerprint density at radius 3 is 2.48 bits per heavy atom. The lowest BCUT2D eigenvalue weighted by Gasteiger charge is -2.41. The van der Waals surface area contributed by atoms with Crippen LogP contribution in [0.2, 0.25) is 0 Å². The topological polar surface area (TPSA) is 49.4 Å². The first-order valence-corrected chi connectivity index (χ1v) is 8.38. The van der Waals surface area contributed by atoms with Crippen LogP contribution in [0.15, 0.2) is 35.2 Å². The number of nitrogens with zero attached hydrogens (tertiary/aromatic N) is 1. The van der Waals surface area contributed by atoms with Crippen molar-refractivity contribution < 1.29 is 9.59 Å². The Hall–Kier alpha value is -1.49. The Bertz CT molecular complexity index is 500. The van der Waals surface area contributed by atoms with Crippen LogP contribution >= 0.6 is 11.8 Å². The van der Waals surface area contributed by atoms with Crippen LogP contribution < -0.4 is 5.32 Å². The SMILES string of the molecule is CCC1(CC)NC(=O)CN(CCSc2ccccc2)C1=O. The lowest BCUT2D eigenvalue weighted by Crippen LogP contribution is -2.66. The molecule has 0 unspecified atom stereocenters. The third kappa shape index (κ3) is 3.59. The molecule has 0 radical (unpaired) electrons. The minimum atomic E-state index is -0.702. The highest BCUT2D eigenvalue weighted by molar-refractivity contribution is 7.99. The molecule has 21 heavy (non-hydrogen) atoms. The highest BCUT2D eigenvalue weighted by atomic mass is 32.2. The predicted molar refractivity (Wildman–Crippen MR) is 85.2 cm³/mol. The molecule has 1 heterocycles. The van der Waals surface area contributed by atoms with Crippen molar-refractivity contribution in [3.8, 4) is 0 Å². The fourth-order valence-corrected chi connectivity index (χ4v) is 3.50. The van der Waals surface area contributed by atoms with Crippen LogP contribution in [0.1, 0.15) is 26.7 Å². The van der Waals surface area contributed by atoms with Gasteiger partial charge in [0, 0.05) is 17.2 Å². The Morgan fingerprint density at radius 1 is 1.19 bits per heavy atom. The van der Waals surface area contributed by atoms with E-state index in [1.54, 1.807) is 16.7 Å². The van der Waals surface area contributed by atoms with Gasteiger partial charge >= 0.3 is 0 Å². The third-order valence-electron chi connectivity index (χ3n) is 3.99. The maximum absolute atomic E-state index is 12.6. The normalized spacial score (nSPS) is 17.7. The van der Waals surface area contributed by atoms with Crippen molar-refractivity contribution in [3.05, 3.63) is 30.3 Å². The number of nitrogens with one attached hydrogen (secondary N) is 1. The van der Waals surface area contributed by atoms with Crippen molar-refractivity contribution >= 4 is 23.6 Å². The van der Waals surface area contributed by atoms with Gasteiger partial charge in [-0.3, -0.25) is 9.59 Å².